The molecule has 2 saturated heterocycles. The Balaban J connectivity index is 1.10. The van der Waals surface area contributed by atoms with Crippen LogP contribution in [0.15, 0.2) is 23.8 Å². The smallest absolute Gasteiger partial charge is 0.390 e. The monoisotopic (exact) mass is 608 g/mol. The molecule has 3 aliphatic rings. The number of hydrogen-bond donors (Lipinski definition) is 7. The van der Waals surface area contributed by atoms with Crippen LogP contribution in [0.5, 0.6) is 0 Å². The van der Waals surface area contributed by atoms with Gasteiger partial charge in [-0.2, -0.15) is 4.98 Å². The summed E-state index contributed by atoms with van der Waals surface area (Å²) in [4.78, 5) is 45.4. The second-order valence-electron chi connectivity index (χ2n) is 10.2. The van der Waals surface area contributed by atoms with Crippen molar-refractivity contribution in [2.75, 3.05) is 11.5 Å². The average Bonchev–Trinajstić information content (AvgIpc) is 3.40. The van der Waals surface area contributed by atoms with Gasteiger partial charge in [-0.25, -0.2) is 24.5 Å². The second-order valence-corrected chi connectivity index (χ2v) is 11.6. The zero-order valence-corrected chi connectivity index (χ0v) is 22.4. The van der Waals surface area contributed by atoms with Crippen LogP contribution in [0.3, 0.4) is 0 Å². The van der Waals surface area contributed by atoms with Gasteiger partial charge in [0.1, 0.15) is 36.3 Å². The van der Waals surface area contributed by atoms with Crippen LogP contribution in [0.25, 0.3) is 22.3 Å². The van der Waals surface area contributed by atoms with E-state index in [0.29, 0.717) is 0 Å². The Bertz CT molecular complexity index is 1800. The van der Waals surface area contributed by atoms with Crippen molar-refractivity contribution < 1.29 is 43.3 Å². The summed E-state index contributed by atoms with van der Waals surface area (Å²) in [6.07, 6.45) is -7.13. The number of phosphoric acid groups is 1. The highest BCUT2D eigenvalue weighted by Gasteiger charge is 2.66. The summed E-state index contributed by atoms with van der Waals surface area (Å²) >= 11 is 0. The molecule has 0 radical (unpaired) electrons. The lowest BCUT2D eigenvalue weighted by Gasteiger charge is -2.28. The van der Waals surface area contributed by atoms with Gasteiger partial charge < -0.3 is 41.2 Å². The number of rotatable bonds is 7. The third-order valence-electron chi connectivity index (χ3n) is 7.60. The first-order chi connectivity index (χ1) is 19.9. The highest BCUT2D eigenvalue weighted by Crippen LogP contribution is 2.58. The zero-order valence-electron chi connectivity index (χ0n) is 21.5. The van der Waals surface area contributed by atoms with Crippen molar-refractivity contribution in [2.24, 2.45) is 5.92 Å². The minimum Gasteiger partial charge on any atom is -0.390 e. The van der Waals surface area contributed by atoms with E-state index in [1.54, 1.807) is 0 Å². The van der Waals surface area contributed by atoms with Gasteiger partial charge in [-0.3, -0.25) is 28.0 Å². The van der Waals surface area contributed by atoms with Gasteiger partial charge in [0.05, 0.1) is 31.0 Å². The molecular formula is C21H25N10O10P. The van der Waals surface area contributed by atoms with Crippen LogP contribution in [0, 0.1) is 5.92 Å². The Hall–Kier alpha value is -3.59. The number of nitrogens with zero attached hydrogens (tertiary/aromatic N) is 7. The molecule has 0 aromatic carbocycles. The maximum atomic E-state index is 13.2. The minimum absolute atomic E-state index is 0.0364. The summed E-state index contributed by atoms with van der Waals surface area (Å²) in [5, 5.41) is 31.7. The lowest BCUT2D eigenvalue weighted by Crippen LogP contribution is -2.38. The number of imidazole rings is 2. The number of anilines is 2. The molecule has 224 valence electrons. The number of fused-ring (bicyclic) bond motifs is 3. The molecule has 4 aromatic heterocycles. The molecule has 0 bridgehead atoms. The van der Waals surface area contributed by atoms with Gasteiger partial charge in [-0.05, 0) is 6.92 Å². The molecule has 0 amide bonds. The number of nitrogens with one attached hydrogen (secondary N) is 1. The maximum absolute atomic E-state index is 13.2. The molecule has 11 atom stereocenters. The minimum atomic E-state index is -4.94. The second kappa shape index (κ2) is 9.46. The summed E-state index contributed by atoms with van der Waals surface area (Å²) < 4.78 is 38.4. The Morgan fingerprint density at radius 3 is 2.48 bits per heavy atom. The molecule has 42 heavy (non-hydrogen) atoms. The Labute approximate surface area is 233 Å². The summed E-state index contributed by atoms with van der Waals surface area (Å²) in [5.74, 6) is -0.782. The van der Waals surface area contributed by atoms with E-state index in [9.17, 15) is 29.6 Å². The third-order valence-corrected chi connectivity index (χ3v) is 8.71. The molecular weight excluding hydrogens is 583 g/mol. The normalized spacial score (nSPS) is 34.5. The van der Waals surface area contributed by atoms with Crippen molar-refractivity contribution in [2.45, 2.75) is 62.1 Å². The summed E-state index contributed by atoms with van der Waals surface area (Å²) in [5.41, 5.74) is 11.4. The largest absolute Gasteiger partial charge is 0.472 e. The molecule has 0 spiro atoms. The van der Waals surface area contributed by atoms with Crippen LogP contribution in [0.4, 0.5) is 11.8 Å². The summed E-state index contributed by atoms with van der Waals surface area (Å²) in [6.45, 7) is 1.35. The predicted octanol–water partition coefficient (Wildman–Crippen LogP) is -2.48. The lowest BCUT2D eigenvalue weighted by molar-refractivity contribution is -0.0905. The van der Waals surface area contributed by atoms with Crippen LogP contribution in [0.2, 0.25) is 0 Å². The van der Waals surface area contributed by atoms with Crippen LogP contribution in [-0.4, -0.2) is 102 Å². The number of H-pyrrole nitrogens is 1. The molecule has 3 fully saturated rings. The fourth-order valence-corrected chi connectivity index (χ4v) is 6.70. The lowest BCUT2D eigenvalue weighted by atomic mass is 10.1. The Kier molecular flexibility index (Phi) is 6.14. The van der Waals surface area contributed by atoms with E-state index in [2.05, 4.69) is 29.9 Å². The molecule has 21 heteroatoms. The van der Waals surface area contributed by atoms with E-state index < -0.39 is 74.5 Å². The van der Waals surface area contributed by atoms with Crippen LogP contribution in [-0.2, 0) is 23.1 Å². The molecule has 2 aliphatic heterocycles. The van der Waals surface area contributed by atoms with Crippen LogP contribution in [0.1, 0.15) is 19.4 Å². The van der Waals surface area contributed by atoms with Gasteiger partial charge in [0.2, 0.25) is 5.95 Å². The number of phosphoric ester groups is 1. The van der Waals surface area contributed by atoms with Crippen molar-refractivity contribution >= 4 is 41.9 Å². The van der Waals surface area contributed by atoms with E-state index in [1.165, 1.54) is 35.0 Å². The number of aliphatic hydroxyl groups excluding tert-OH is 3. The number of ether oxygens (including phenoxy) is 2. The number of aromatic nitrogens is 8. The maximum Gasteiger partial charge on any atom is 0.472 e. The van der Waals surface area contributed by atoms with Crippen LogP contribution < -0.4 is 17.0 Å². The summed E-state index contributed by atoms with van der Waals surface area (Å²) in [6, 6.07) is 0. The topological polar surface area (TPSA) is 294 Å². The standard InChI is InChI=1S/C21H25N10O10P/c1-5(12-10(33)11(34)19(38-12)30-3-26-7-15(22)24-2-25-16(7)30)40-42(36,37)41-14-6-9(32)13(6)39-20(14)31-4-27-8-17(31)28-21(23)29-18(8)35/h2-6,9-14,19-20,32-34H,1H3,(H,36,37)(H2,22,24,25)(H3,23,28,29,35)/t5-,6?,9?,10+,11-,12-,13+,14-,19-,20-/m1/s1. The van der Waals surface area contributed by atoms with Gasteiger partial charge in [0.15, 0.2) is 35.1 Å². The average molecular weight is 608 g/mol. The van der Waals surface area contributed by atoms with E-state index in [0.717, 1.165) is 0 Å². The van der Waals surface area contributed by atoms with Gasteiger partial charge >= 0.3 is 7.82 Å². The Morgan fingerprint density at radius 1 is 1.00 bits per heavy atom. The molecule has 6 heterocycles. The van der Waals surface area contributed by atoms with Crippen molar-refractivity contribution in [1.29, 1.82) is 0 Å². The van der Waals surface area contributed by atoms with Gasteiger partial charge in [-0.15, -0.1) is 0 Å². The van der Waals surface area contributed by atoms with Gasteiger partial charge in [0.25, 0.3) is 5.56 Å². The fourth-order valence-electron chi connectivity index (χ4n) is 5.55. The highest BCUT2D eigenvalue weighted by molar-refractivity contribution is 7.47. The van der Waals surface area contributed by atoms with Crippen LogP contribution >= 0.6 is 7.82 Å². The molecule has 9 N–H and O–H groups in total. The number of aromatic amines is 1. The first-order valence-electron chi connectivity index (χ1n) is 12.6. The van der Waals surface area contributed by atoms with E-state index in [-0.39, 0.29) is 34.1 Å². The van der Waals surface area contributed by atoms with Crippen molar-refractivity contribution in [3.63, 3.8) is 0 Å². The number of nitrogen functional groups attached to an aromatic ring is 2. The van der Waals surface area contributed by atoms with Gasteiger partial charge in [-0.1, -0.05) is 0 Å². The predicted molar refractivity (Wildman–Crippen MR) is 137 cm³/mol. The van der Waals surface area contributed by atoms with Crippen molar-refractivity contribution in [3.05, 3.63) is 29.3 Å². The molecule has 20 nitrogen and oxygen atoms in total. The van der Waals surface area contributed by atoms with E-state index >= 15 is 0 Å². The van der Waals surface area contributed by atoms with E-state index in [4.69, 9.17) is 30.0 Å². The summed E-state index contributed by atoms with van der Waals surface area (Å²) in [7, 11) is -4.94. The van der Waals surface area contributed by atoms with E-state index in [1.807, 2.05) is 0 Å². The number of aliphatic hydroxyl groups is 3. The molecule has 3 unspecified atom stereocenters. The Morgan fingerprint density at radius 2 is 1.71 bits per heavy atom. The molecule has 4 aromatic rings. The first kappa shape index (κ1) is 27.3. The van der Waals surface area contributed by atoms with Crippen molar-refractivity contribution in [1.82, 2.24) is 39.0 Å². The molecule has 1 aliphatic carbocycles. The SMILES string of the molecule is C[C@@H](OP(=O)(O)O[C@@H]1C2C(O)[C@H]2O[C@H]1n1cnc2c(=O)[nH]c(N)nc21)[C@H]1O[C@@H](n2cnc3c(N)ncnc32)[C@H](O)[C@@H]1O. The number of hydrogen-bond acceptors (Lipinski definition) is 16. The zero-order chi connectivity index (χ0) is 29.7. The molecule has 7 rings (SSSR count). The third kappa shape index (κ3) is 4.19. The first-order valence-corrected chi connectivity index (χ1v) is 14.1. The number of nitrogens with two attached hydrogens (primary N) is 2. The van der Waals surface area contributed by atoms with Gasteiger partial charge in [0, 0.05) is 5.92 Å². The highest BCUT2D eigenvalue weighted by atomic mass is 31.2. The fraction of sp³-hybridized carbons (Fsp3) is 0.524. The molecule has 1 saturated carbocycles. The quantitative estimate of drug-likeness (QED) is 0.107. The van der Waals surface area contributed by atoms with Crippen molar-refractivity contribution in [3.8, 4) is 0 Å².